The van der Waals surface area contributed by atoms with Crippen molar-refractivity contribution in [3.8, 4) is 12.3 Å². The van der Waals surface area contributed by atoms with Crippen LogP contribution in [0.25, 0.3) is 0 Å². The number of ether oxygens (including phenoxy) is 1. The summed E-state index contributed by atoms with van der Waals surface area (Å²) in [5.41, 5.74) is 4.12. The minimum atomic E-state index is -0.579. The number of nitrogens with one attached hydrogen (secondary N) is 2. The van der Waals surface area contributed by atoms with E-state index >= 15 is 0 Å². The van der Waals surface area contributed by atoms with Crippen molar-refractivity contribution >= 4 is 23.3 Å². The van der Waals surface area contributed by atoms with Gasteiger partial charge in [0.15, 0.2) is 6.61 Å². The van der Waals surface area contributed by atoms with Gasteiger partial charge in [-0.1, -0.05) is 30.2 Å². The summed E-state index contributed by atoms with van der Waals surface area (Å²) >= 11 is 0. The highest BCUT2D eigenvalue weighted by Crippen LogP contribution is 2.25. The van der Waals surface area contributed by atoms with Crippen LogP contribution in [0.2, 0.25) is 0 Å². The van der Waals surface area contributed by atoms with E-state index in [1.165, 1.54) is 0 Å². The molecule has 0 saturated carbocycles. The lowest BCUT2D eigenvalue weighted by atomic mass is 10.1. The summed E-state index contributed by atoms with van der Waals surface area (Å²) < 4.78 is 5.06. The number of anilines is 2. The van der Waals surface area contributed by atoms with E-state index in [0.29, 0.717) is 11.3 Å². The van der Waals surface area contributed by atoms with Crippen LogP contribution in [-0.4, -0.2) is 25.0 Å². The maximum atomic E-state index is 12.3. The van der Waals surface area contributed by atoms with E-state index in [-0.39, 0.29) is 13.2 Å². The largest absolute Gasteiger partial charge is 0.452 e. The molecule has 0 spiro atoms. The van der Waals surface area contributed by atoms with Gasteiger partial charge in [-0.15, -0.1) is 6.42 Å². The van der Waals surface area contributed by atoms with Crippen LogP contribution in [0.5, 0.6) is 0 Å². The van der Waals surface area contributed by atoms with Crippen molar-refractivity contribution in [2.75, 3.05) is 18.5 Å². The molecular formula is C20H20N2O3. The van der Waals surface area contributed by atoms with E-state index in [2.05, 4.69) is 16.6 Å². The Kier molecular flexibility index (Phi) is 6.19. The predicted octanol–water partition coefficient (Wildman–Crippen LogP) is 2.95. The van der Waals surface area contributed by atoms with Gasteiger partial charge in [-0.3, -0.25) is 4.79 Å². The van der Waals surface area contributed by atoms with Gasteiger partial charge in [0.2, 0.25) is 0 Å². The summed E-state index contributed by atoms with van der Waals surface area (Å²) in [6.45, 7) is 3.75. The lowest BCUT2D eigenvalue weighted by Crippen LogP contribution is -2.29. The SMILES string of the molecule is C#CCNC(=O)COC(=O)c1ccccc1Nc1cccc(C)c1C. The van der Waals surface area contributed by atoms with Crippen LogP contribution in [0, 0.1) is 26.2 Å². The van der Waals surface area contributed by atoms with Gasteiger partial charge in [0.25, 0.3) is 5.91 Å². The van der Waals surface area contributed by atoms with E-state index in [4.69, 9.17) is 11.2 Å². The standard InChI is InChI=1S/C20H20N2O3/c1-4-12-21-19(23)13-25-20(24)16-9-5-6-10-18(16)22-17-11-7-8-14(2)15(17)3/h1,5-11,22H,12-13H2,2-3H3,(H,21,23). The van der Waals surface area contributed by atoms with Gasteiger partial charge in [0.05, 0.1) is 17.8 Å². The molecule has 0 bridgehead atoms. The van der Waals surface area contributed by atoms with Gasteiger partial charge in [0, 0.05) is 5.69 Å². The molecule has 1 amide bonds. The Balaban J connectivity index is 2.12. The van der Waals surface area contributed by atoms with Crippen molar-refractivity contribution in [2.24, 2.45) is 0 Å². The first-order valence-electron chi connectivity index (χ1n) is 7.82. The van der Waals surface area contributed by atoms with Crippen LogP contribution < -0.4 is 10.6 Å². The maximum absolute atomic E-state index is 12.3. The highest BCUT2D eigenvalue weighted by Gasteiger charge is 2.15. The van der Waals surface area contributed by atoms with Crippen molar-refractivity contribution in [3.63, 3.8) is 0 Å². The smallest absolute Gasteiger partial charge is 0.340 e. The number of para-hydroxylation sites is 1. The Morgan fingerprint density at radius 3 is 2.56 bits per heavy atom. The molecule has 0 fully saturated rings. The Morgan fingerprint density at radius 2 is 1.80 bits per heavy atom. The highest BCUT2D eigenvalue weighted by molar-refractivity contribution is 5.97. The number of hydrogen-bond donors (Lipinski definition) is 2. The van der Waals surface area contributed by atoms with E-state index in [9.17, 15) is 9.59 Å². The molecule has 2 aromatic rings. The molecular weight excluding hydrogens is 316 g/mol. The average Bonchev–Trinajstić information content (AvgIpc) is 2.62. The normalized spacial score (nSPS) is 9.80. The number of aryl methyl sites for hydroxylation is 1. The quantitative estimate of drug-likeness (QED) is 0.629. The first kappa shape index (κ1) is 18.1. The molecule has 0 radical (unpaired) electrons. The van der Waals surface area contributed by atoms with Crippen LogP contribution >= 0.6 is 0 Å². The molecule has 0 aromatic heterocycles. The van der Waals surface area contributed by atoms with Gasteiger partial charge in [-0.2, -0.15) is 0 Å². The highest BCUT2D eigenvalue weighted by atomic mass is 16.5. The summed E-state index contributed by atoms with van der Waals surface area (Å²) in [5, 5.41) is 5.70. The van der Waals surface area contributed by atoms with Crippen LogP contribution in [0.3, 0.4) is 0 Å². The molecule has 5 heteroatoms. The summed E-state index contributed by atoms with van der Waals surface area (Å²) in [6.07, 6.45) is 5.06. The Labute approximate surface area is 147 Å². The number of benzene rings is 2. The molecule has 0 saturated heterocycles. The first-order valence-corrected chi connectivity index (χ1v) is 7.82. The van der Waals surface area contributed by atoms with Crippen molar-refractivity contribution < 1.29 is 14.3 Å². The van der Waals surface area contributed by atoms with Crippen molar-refractivity contribution in [3.05, 3.63) is 59.2 Å². The number of amides is 1. The predicted molar refractivity (Wildman–Crippen MR) is 97.8 cm³/mol. The van der Waals surface area contributed by atoms with E-state index in [1.54, 1.807) is 18.2 Å². The topological polar surface area (TPSA) is 67.4 Å². The van der Waals surface area contributed by atoms with E-state index in [0.717, 1.165) is 16.8 Å². The minimum absolute atomic E-state index is 0.0984. The van der Waals surface area contributed by atoms with Gasteiger partial charge in [-0.05, 0) is 43.2 Å². The first-order chi connectivity index (χ1) is 12.0. The van der Waals surface area contributed by atoms with Crippen LogP contribution in [-0.2, 0) is 9.53 Å². The second kappa shape index (κ2) is 8.55. The molecule has 0 aliphatic heterocycles. The zero-order valence-corrected chi connectivity index (χ0v) is 14.3. The molecule has 128 valence electrons. The summed E-state index contributed by atoms with van der Waals surface area (Å²) in [4.78, 5) is 23.8. The number of hydrogen-bond acceptors (Lipinski definition) is 4. The molecule has 0 unspecified atom stereocenters. The Bertz CT molecular complexity index is 822. The van der Waals surface area contributed by atoms with Gasteiger partial charge in [0.1, 0.15) is 0 Å². The lowest BCUT2D eigenvalue weighted by molar-refractivity contribution is -0.123. The summed E-state index contributed by atoms with van der Waals surface area (Å²) in [7, 11) is 0. The number of carbonyl (C=O) groups is 2. The molecule has 2 aromatic carbocycles. The molecule has 0 atom stereocenters. The van der Waals surface area contributed by atoms with Gasteiger partial charge < -0.3 is 15.4 Å². The third-order valence-electron chi connectivity index (χ3n) is 3.74. The number of rotatable bonds is 6. The third kappa shape index (κ3) is 4.85. The molecule has 2 rings (SSSR count). The monoisotopic (exact) mass is 336 g/mol. The fourth-order valence-corrected chi connectivity index (χ4v) is 2.21. The second-order valence-corrected chi connectivity index (χ2v) is 5.48. The third-order valence-corrected chi connectivity index (χ3v) is 3.74. The molecule has 5 nitrogen and oxygen atoms in total. The number of carbonyl (C=O) groups excluding carboxylic acids is 2. The van der Waals surface area contributed by atoms with Gasteiger partial charge in [-0.25, -0.2) is 4.79 Å². The minimum Gasteiger partial charge on any atom is -0.452 e. The molecule has 0 aliphatic carbocycles. The Morgan fingerprint density at radius 1 is 1.08 bits per heavy atom. The van der Waals surface area contributed by atoms with Crippen molar-refractivity contribution in [2.45, 2.75) is 13.8 Å². The van der Waals surface area contributed by atoms with E-state index < -0.39 is 11.9 Å². The molecule has 0 heterocycles. The van der Waals surface area contributed by atoms with Crippen molar-refractivity contribution in [1.29, 1.82) is 0 Å². The molecule has 0 aliphatic rings. The summed E-state index contributed by atoms with van der Waals surface area (Å²) in [5.74, 6) is 1.26. The van der Waals surface area contributed by atoms with Crippen LogP contribution in [0.1, 0.15) is 21.5 Å². The summed E-state index contributed by atoms with van der Waals surface area (Å²) in [6, 6.07) is 12.9. The lowest BCUT2D eigenvalue weighted by Gasteiger charge is -2.14. The zero-order chi connectivity index (χ0) is 18.2. The zero-order valence-electron chi connectivity index (χ0n) is 14.3. The number of esters is 1. The second-order valence-electron chi connectivity index (χ2n) is 5.48. The van der Waals surface area contributed by atoms with Crippen LogP contribution in [0.4, 0.5) is 11.4 Å². The fourth-order valence-electron chi connectivity index (χ4n) is 2.21. The fraction of sp³-hybridized carbons (Fsp3) is 0.200. The van der Waals surface area contributed by atoms with Crippen molar-refractivity contribution in [1.82, 2.24) is 5.32 Å². The molecule has 2 N–H and O–H groups in total. The molecule has 25 heavy (non-hydrogen) atoms. The van der Waals surface area contributed by atoms with Crippen LogP contribution in [0.15, 0.2) is 42.5 Å². The average molecular weight is 336 g/mol. The Hall–Kier alpha value is -3.26. The number of terminal acetylenes is 1. The van der Waals surface area contributed by atoms with E-state index in [1.807, 2.05) is 38.1 Å². The maximum Gasteiger partial charge on any atom is 0.340 e. The van der Waals surface area contributed by atoms with Gasteiger partial charge >= 0.3 is 5.97 Å².